The molecule has 3 rings (SSSR count). The molecule has 0 atom stereocenters. The topological polar surface area (TPSA) is 81.3 Å². The molecule has 0 bridgehead atoms. The van der Waals surface area contributed by atoms with Crippen molar-refractivity contribution in [2.45, 2.75) is 6.92 Å². The molecule has 2 heterocycles. The predicted molar refractivity (Wildman–Crippen MR) is 101 cm³/mol. The van der Waals surface area contributed by atoms with Crippen molar-refractivity contribution in [3.63, 3.8) is 0 Å². The van der Waals surface area contributed by atoms with Crippen LogP contribution in [-0.4, -0.2) is 20.0 Å². The summed E-state index contributed by atoms with van der Waals surface area (Å²) >= 11 is 0. The summed E-state index contributed by atoms with van der Waals surface area (Å²) in [7, 11) is 3.18. The van der Waals surface area contributed by atoms with Crippen LogP contribution in [-0.2, 0) is 14.1 Å². The van der Waals surface area contributed by atoms with Gasteiger partial charge in [-0.25, -0.2) is 0 Å². The van der Waals surface area contributed by atoms with Crippen LogP contribution in [0.4, 0.5) is 0 Å². The van der Waals surface area contributed by atoms with E-state index in [0.29, 0.717) is 11.3 Å². The molecule has 2 aromatic heterocycles. The summed E-state index contributed by atoms with van der Waals surface area (Å²) in [5, 5.41) is 10.8. The number of nitrogens with zero attached hydrogens (tertiary/aromatic N) is 2. The SMILES string of the molecule is Cc1cc(O)c(C(=O)C=Cc2cc3ccccc3n(C)c2=O)c(=O)n1C. The van der Waals surface area contributed by atoms with Gasteiger partial charge in [0.15, 0.2) is 5.78 Å². The molecule has 0 spiro atoms. The minimum atomic E-state index is -0.654. The number of aromatic nitrogens is 2. The van der Waals surface area contributed by atoms with Crippen molar-refractivity contribution >= 4 is 22.8 Å². The van der Waals surface area contributed by atoms with Crippen LogP contribution in [0.25, 0.3) is 17.0 Å². The van der Waals surface area contributed by atoms with Gasteiger partial charge in [0, 0.05) is 31.4 Å². The molecular formula is C20H18N2O4. The van der Waals surface area contributed by atoms with Crippen molar-refractivity contribution in [2.75, 3.05) is 0 Å². The summed E-state index contributed by atoms with van der Waals surface area (Å²) < 4.78 is 2.79. The zero-order chi connectivity index (χ0) is 19.0. The second-order valence-electron chi connectivity index (χ2n) is 6.13. The van der Waals surface area contributed by atoms with E-state index in [1.807, 2.05) is 24.3 Å². The Labute approximate surface area is 149 Å². The molecule has 0 aliphatic heterocycles. The first-order valence-corrected chi connectivity index (χ1v) is 8.02. The number of allylic oxidation sites excluding steroid dienone is 1. The second kappa shape index (κ2) is 6.48. The molecule has 0 aliphatic carbocycles. The van der Waals surface area contributed by atoms with E-state index in [1.165, 1.54) is 28.3 Å². The van der Waals surface area contributed by atoms with Crippen molar-refractivity contribution < 1.29 is 9.90 Å². The van der Waals surface area contributed by atoms with Crippen LogP contribution >= 0.6 is 0 Å². The number of aromatic hydroxyl groups is 1. The first-order valence-electron chi connectivity index (χ1n) is 8.02. The third-order valence-electron chi connectivity index (χ3n) is 4.47. The number of carbonyl (C=O) groups is 1. The maximum absolute atomic E-state index is 12.4. The molecule has 0 radical (unpaired) electrons. The minimum Gasteiger partial charge on any atom is -0.507 e. The Balaban J connectivity index is 2.07. The quantitative estimate of drug-likeness (QED) is 0.580. The van der Waals surface area contributed by atoms with Crippen molar-refractivity contribution in [3.05, 3.63) is 80.0 Å². The Morgan fingerprint density at radius 3 is 2.46 bits per heavy atom. The van der Waals surface area contributed by atoms with E-state index >= 15 is 0 Å². The molecule has 0 fully saturated rings. The van der Waals surface area contributed by atoms with Crippen LogP contribution in [0.5, 0.6) is 5.75 Å². The maximum Gasteiger partial charge on any atom is 0.265 e. The Bertz CT molecular complexity index is 1180. The van der Waals surface area contributed by atoms with Crippen LogP contribution in [0.15, 0.2) is 52.1 Å². The first kappa shape index (κ1) is 17.4. The lowest BCUT2D eigenvalue weighted by atomic mass is 10.1. The van der Waals surface area contributed by atoms with Gasteiger partial charge in [0.1, 0.15) is 11.3 Å². The third-order valence-corrected chi connectivity index (χ3v) is 4.47. The average Bonchev–Trinajstić information content (AvgIpc) is 2.61. The lowest BCUT2D eigenvalue weighted by molar-refractivity contribution is 0.104. The highest BCUT2D eigenvalue weighted by atomic mass is 16.3. The third kappa shape index (κ3) is 2.86. The fourth-order valence-corrected chi connectivity index (χ4v) is 2.85. The van der Waals surface area contributed by atoms with Crippen LogP contribution in [0.1, 0.15) is 21.6 Å². The van der Waals surface area contributed by atoms with Crippen molar-refractivity contribution in [2.24, 2.45) is 14.1 Å². The minimum absolute atomic E-state index is 0.256. The first-order chi connectivity index (χ1) is 12.3. The van der Waals surface area contributed by atoms with E-state index < -0.39 is 11.3 Å². The van der Waals surface area contributed by atoms with Gasteiger partial charge in [-0.3, -0.25) is 14.4 Å². The largest absolute Gasteiger partial charge is 0.507 e. The second-order valence-corrected chi connectivity index (χ2v) is 6.13. The normalized spacial score (nSPS) is 11.3. The molecule has 3 aromatic rings. The van der Waals surface area contributed by atoms with Gasteiger partial charge in [0.05, 0.1) is 5.52 Å². The van der Waals surface area contributed by atoms with Gasteiger partial charge in [-0.15, -0.1) is 0 Å². The maximum atomic E-state index is 12.4. The molecular weight excluding hydrogens is 332 g/mol. The Morgan fingerprint density at radius 1 is 1.04 bits per heavy atom. The summed E-state index contributed by atoms with van der Waals surface area (Å²) in [5.41, 5.74) is 0.495. The van der Waals surface area contributed by atoms with Crippen molar-refractivity contribution in [1.29, 1.82) is 0 Å². The molecule has 0 saturated carbocycles. The van der Waals surface area contributed by atoms with Crippen LogP contribution in [0.3, 0.4) is 0 Å². The summed E-state index contributed by atoms with van der Waals surface area (Å²) in [5.74, 6) is -1.02. The van der Waals surface area contributed by atoms with Gasteiger partial charge in [-0.05, 0) is 36.6 Å². The monoisotopic (exact) mass is 350 g/mol. The Hall–Kier alpha value is -3.41. The Morgan fingerprint density at radius 2 is 1.73 bits per heavy atom. The van der Waals surface area contributed by atoms with E-state index in [9.17, 15) is 19.5 Å². The van der Waals surface area contributed by atoms with Crippen LogP contribution in [0, 0.1) is 6.92 Å². The molecule has 0 aliphatic rings. The van der Waals surface area contributed by atoms with Crippen molar-refractivity contribution in [1.82, 2.24) is 9.13 Å². The summed E-state index contributed by atoms with van der Waals surface area (Å²) in [6.45, 7) is 1.66. The summed E-state index contributed by atoms with van der Waals surface area (Å²) in [4.78, 5) is 37.1. The van der Waals surface area contributed by atoms with E-state index in [-0.39, 0.29) is 16.9 Å². The fourth-order valence-electron chi connectivity index (χ4n) is 2.85. The number of aryl methyl sites for hydroxylation is 2. The van der Waals surface area contributed by atoms with Gasteiger partial charge in [0.25, 0.3) is 11.1 Å². The molecule has 132 valence electrons. The van der Waals surface area contributed by atoms with Crippen molar-refractivity contribution in [3.8, 4) is 5.75 Å². The van der Waals surface area contributed by atoms with E-state index in [4.69, 9.17) is 0 Å². The fraction of sp³-hybridized carbons (Fsp3) is 0.150. The molecule has 6 heteroatoms. The van der Waals surface area contributed by atoms with E-state index in [2.05, 4.69) is 0 Å². The number of hydrogen-bond donors (Lipinski definition) is 1. The van der Waals surface area contributed by atoms with Gasteiger partial charge >= 0.3 is 0 Å². The molecule has 26 heavy (non-hydrogen) atoms. The number of pyridine rings is 2. The molecule has 1 aromatic carbocycles. The zero-order valence-electron chi connectivity index (χ0n) is 14.7. The number of carbonyl (C=O) groups excluding carboxylic acids is 1. The smallest absolute Gasteiger partial charge is 0.265 e. The number of para-hydroxylation sites is 1. The highest BCUT2D eigenvalue weighted by Crippen LogP contribution is 2.16. The van der Waals surface area contributed by atoms with Gasteiger partial charge in [-0.2, -0.15) is 0 Å². The number of fused-ring (bicyclic) bond motifs is 1. The summed E-state index contributed by atoms with van der Waals surface area (Å²) in [6.07, 6.45) is 2.51. The summed E-state index contributed by atoms with van der Waals surface area (Å²) in [6, 6.07) is 10.5. The molecule has 1 N–H and O–H groups in total. The Kier molecular flexibility index (Phi) is 4.34. The van der Waals surface area contributed by atoms with Gasteiger partial charge in [0.2, 0.25) is 0 Å². The van der Waals surface area contributed by atoms with Gasteiger partial charge in [-0.1, -0.05) is 18.2 Å². The van der Waals surface area contributed by atoms with Crippen LogP contribution in [0.2, 0.25) is 0 Å². The lowest BCUT2D eigenvalue weighted by Gasteiger charge is -2.07. The van der Waals surface area contributed by atoms with Crippen LogP contribution < -0.4 is 11.1 Å². The molecule has 6 nitrogen and oxygen atoms in total. The molecule has 0 saturated heterocycles. The number of benzene rings is 1. The van der Waals surface area contributed by atoms with Gasteiger partial charge < -0.3 is 14.2 Å². The lowest BCUT2D eigenvalue weighted by Crippen LogP contribution is -2.25. The number of ketones is 1. The highest BCUT2D eigenvalue weighted by molar-refractivity contribution is 6.08. The highest BCUT2D eigenvalue weighted by Gasteiger charge is 2.16. The zero-order valence-corrected chi connectivity index (χ0v) is 14.7. The number of rotatable bonds is 3. The molecule has 0 amide bonds. The average molecular weight is 350 g/mol. The van der Waals surface area contributed by atoms with E-state index in [0.717, 1.165) is 17.0 Å². The molecule has 0 unspecified atom stereocenters. The standard InChI is InChI=1S/C20H18N2O4/c1-12-10-17(24)18(20(26)21(12)2)16(23)9-8-14-11-13-6-4-5-7-15(13)22(3)19(14)25/h4-11,24H,1-3H3. The predicted octanol–water partition coefficient (Wildman–Crippen LogP) is 2.15. The van der Waals surface area contributed by atoms with E-state index in [1.54, 1.807) is 20.0 Å². The number of hydrogen-bond acceptors (Lipinski definition) is 4.